The molecule has 2 atom stereocenters. The maximum atomic E-state index is 12.0. The van der Waals surface area contributed by atoms with Gasteiger partial charge in [-0.3, -0.25) is 9.59 Å². The summed E-state index contributed by atoms with van der Waals surface area (Å²) in [5.41, 5.74) is -0.690. The van der Waals surface area contributed by atoms with Gasteiger partial charge in [-0.25, -0.2) is 0 Å². The second kappa shape index (κ2) is 7.57. The van der Waals surface area contributed by atoms with Crippen molar-refractivity contribution < 1.29 is 29.3 Å². The van der Waals surface area contributed by atoms with E-state index in [0.29, 0.717) is 0 Å². The molecule has 2 unspecified atom stereocenters. The van der Waals surface area contributed by atoms with E-state index in [0.717, 1.165) is 0 Å². The Hall–Kier alpha value is -0.980. The van der Waals surface area contributed by atoms with E-state index in [2.05, 4.69) is 0 Å². The van der Waals surface area contributed by atoms with E-state index in [9.17, 15) is 14.7 Å². The maximum absolute atomic E-state index is 12.0. The third-order valence-electron chi connectivity index (χ3n) is 2.86. The quantitative estimate of drug-likeness (QED) is 0.508. The van der Waals surface area contributed by atoms with Gasteiger partial charge in [0.2, 0.25) is 0 Å². The number of Topliss-reactive ketones (excluding diaryl/α,β-unsaturated/α-hetero) is 1. The van der Waals surface area contributed by atoms with Crippen LogP contribution in [0, 0.1) is 11.3 Å². The molecule has 0 aromatic heterocycles. The lowest BCUT2D eigenvalue weighted by Gasteiger charge is -2.27. The lowest BCUT2D eigenvalue weighted by atomic mass is 9.77. The Balaban J connectivity index is 4.61. The smallest absolute Gasteiger partial charge is 0.314 e. The van der Waals surface area contributed by atoms with E-state index < -0.39 is 35.5 Å². The summed E-state index contributed by atoms with van der Waals surface area (Å²) in [6, 6.07) is 0. The second-order valence-electron chi connectivity index (χ2n) is 5.60. The molecule has 2 N–H and O–H groups in total. The highest BCUT2D eigenvalue weighted by Gasteiger charge is 2.38. The number of carboxylic acid groups (broad SMARTS) is 1. The molecule has 19 heavy (non-hydrogen) atoms. The Kier molecular flexibility index (Phi) is 7.18. The molecule has 112 valence electrons. The number of ketones is 1. The van der Waals surface area contributed by atoms with Crippen molar-refractivity contribution in [1.82, 2.24) is 0 Å². The Bertz CT molecular complexity index is 303. The van der Waals surface area contributed by atoms with Crippen molar-refractivity contribution in [2.24, 2.45) is 11.3 Å². The average molecular weight is 276 g/mol. The molecule has 0 bridgehead atoms. The minimum atomic E-state index is -1.17. The van der Waals surface area contributed by atoms with Crippen molar-refractivity contribution in [3.05, 3.63) is 0 Å². The fraction of sp³-hybridized carbons (Fsp3) is 0.846. The fourth-order valence-corrected chi connectivity index (χ4v) is 1.94. The number of aliphatic hydroxyl groups is 1. The van der Waals surface area contributed by atoms with E-state index in [1.807, 2.05) is 0 Å². The summed E-state index contributed by atoms with van der Waals surface area (Å²) in [5.74, 6) is -2.79. The van der Waals surface area contributed by atoms with Gasteiger partial charge < -0.3 is 19.7 Å². The van der Waals surface area contributed by atoms with E-state index in [4.69, 9.17) is 14.6 Å². The highest BCUT2D eigenvalue weighted by Crippen LogP contribution is 2.28. The molecule has 0 saturated heterocycles. The van der Waals surface area contributed by atoms with Crippen LogP contribution in [0.2, 0.25) is 0 Å². The van der Waals surface area contributed by atoms with Crippen molar-refractivity contribution >= 4 is 11.8 Å². The van der Waals surface area contributed by atoms with Crippen LogP contribution < -0.4 is 0 Å². The molecule has 0 aliphatic carbocycles. The van der Waals surface area contributed by atoms with Crippen LogP contribution >= 0.6 is 0 Å². The van der Waals surface area contributed by atoms with Crippen molar-refractivity contribution in [3.63, 3.8) is 0 Å². The fourth-order valence-electron chi connectivity index (χ4n) is 1.94. The molecule has 0 fully saturated rings. The minimum absolute atomic E-state index is 0.120. The predicted molar refractivity (Wildman–Crippen MR) is 68.6 cm³/mol. The molecule has 6 nitrogen and oxygen atoms in total. The predicted octanol–water partition coefficient (Wildman–Crippen LogP) is 1.06. The van der Waals surface area contributed by atoms with Gasteiger partial charge in [0.25, 0.3) is 0 Å². The molecule has 0 rings (SSSR count). The number of aliphatic carboxylic acids is 1. The first-order valence-electron chi connectivity index (χ1n) is 6.12. The average Bonchev–Trinajstić information content (AvgIpc) is 2.22. The Morgan fingerprint density at radius 1 is 1.16 bits per heavy atom. The lowest BCUT2D eigenvalue weighted by Crippen LogP contribution is -2.37. The zero-order valence-electron chi connectivity index (χ0n) is 12.2. The number of methoxy groups -OCH3 is 2. The molecule has 0 saturated carbocycles. The second-order valence-corrected chi connectivity index (χ2v) is 5.60. The van der Waals surface area contributed by atoms with Crippen LogP contribution in [0.5, 0.6) is 0 Å². The van der Waals surface area contributed by atoms with Crippen molar-refractivity contribution in [1.29, 1.82) is 0 Å². The van der Waals surface area contributed by atoms with Gasteiger partial charge in [0.05, 0.1) is 6.10 Å². The van der Waals surface area contributed by atoms with Crippen LogP contribution in [-0.4, -0.2) is 48.6 Å². The van der Waals surface area contributed by atoms with Gasteiger partial charge in [0.15, 0.2) is 6.29 Å². The van der Waals surface area contributed by atoms with Crippen LogP contribution in [-0.2, 0) is 19.1 Å². The zero-order chi connectivity index (χ0) is 15.2. The van der Waals surface area contributed by atoms with Crippen molar-refractivity contribution in [2.75, 3.05) is 14.2 Å². The van der Waals surface area contributed by atoms with Crippen LogP contribution in [0.1, 0.15) is 33.6 Å². The summed E-state index contributed by atoms with van der Waals surface area (Å²) in [6.45, 7) is 5.05. The molecule has 0 aromatic rings. The Labute approximate surface area is 113 Å². The first kappa shape index (κ1) is 18.0. The highest BCUT2D eigenvalue weighted by molar-refractivity contribution is 5.99. The molecule has 0 aliphatic heterocycles. The zero-order valence-corrected chi connectivity index (χ0v) is 12.2. The number of carboxylic acids is 1. The summed E-state index contributed by atoms with van der Waals surface area (Å²) in [6.07, 6.45) is -1.70. The molecular formula is C13H24O6. The third kappa shape index (κ3) is 6.13. The Morgan fingerprint density at radius 3 is 1.95 bits per heavy atom. The van der Waals surface area contributed by atoms with Gasteiger partial charge in [-0.05, 0) is 5.41 Å². The normalized spacial score (nSPS) is 15.3. The summed E-state index contributed by atoms with van der Waals surface area (Å²) in [5, 5.41) is 18.9. The summed E-state index contributed by atoms with van der Waals surface area (Å²) in [7, 11) is 2.86. The SMILES string of the molecule is COC(CC(O)CC(=O)C(C(=O)O)C(C)(C)C)OC. The van der Waals surface area contributed by atoms with E-state index in [1.165, 1.54) is 14.2 Å². The minimum Gasteiger partial charge on any atom is -0.481 e. The summed E-state index contributed by atoms with van der Waals surface area (Å²) < 4.78 is 9.83. The van der Waals surface area contributed by atoms with Gasteiger partial charge >= 0.3 is 5.97 Å². The molecule has 0 radical (unpaired) electrons. The number of hydrogen-bond acceptors (Lipinski definition) is 5. The largest absolute Gasteiger partial charge is 0.481 e. The van der Waals surface area contributed by atoms with Crippen molar-refractivity contribution in [2.45, 2.75) is 46.0 Å². The van der Waals surface area contributed by atoms with Gasteiger partial charge in [-0.15, -0.1) is 0 Å². The van der Waals surface area contributed by atoms with E-state index in [1.54, 1.807) is 20.8 Å². The van der Waals surface area contributed by atoms with Gasteiger partial charge in [0, 0.05) is 27.1 Å². The summed E-state index contributed by atoms with van der Waals surface area (Å²) >= 11 is 0. The van der Waals surface area contributed by atoms with Gasteiger partial charge in [0.1, 0.15) is 11.7 Å². The van der Waals surface area contributed by atoms with Crippen LogP contribution in [0.4, 0.5) is 0 Å². The van der Waals surface area contributed by atoms with Gasteiger partial charge in [-0.1, -0.05) is 20.8 Å². The van der Waals surface area contributed by atoms with Crippen LogP contribution in [0.3, 0.4) is 0 Å². The maximum Gasteiger partial charge on any atom is 0.314 e. The number of ether oxygens (including phenoxy) is 2. The van der Waals surface area contributed by atoms with Gasteiger partial charge in [-0.2, -0.15) is 0 Å². The number of hydrogen-bond donors (Lipinski definition) is 2. The summed E-state index contributed by atoms with van der Waals surface area (Å²) in [4.78, 5) is 23.1. The first-order valence-corrected chi connectivity index (χ1v) is 6.12. The topological polar surface area (TPSA) is 93.1 Å². The number of carbonyl (C=O) groups excluding carboxylic acids is 1. The number of rotatable bonds is 8. The standard InChI is InChI=1S/C13H24O6/c1-13(2,3)11(12(16)17)9(15)6-8(14)7-10(18-4)19-5/h8,10-11,14H,6-7H2,1-5H3,(H,16,17). The van der Waals surface area contributed by atoms with Crippen LogP contribution in [0.15, 0.2) is 0 Å². The molecule has 0 amide bonds. The first-order chi connectivity index (χ1) is 8.63. The molecule has 0 aromatic carbocycles. The number of carbonyl (C=O) groups is 2. The molecule has 0 spiro atoms. The molecule has 0 aliphatic rings. The van der Waals surface area contributed by atoms with Crippen LogP contribution in [0.25, 0.3) is 0 Å². The monoisotopic (exact) mass is 276 g/mol. The van der Waals surface area contributed by atoms with E-state index in [-0.39, 0.29) is 12.8 Å². The Morgan fingerprint density at radius 2 is 1.63 bits per heavy atom. The third-order valence-corrected chi connectivity index (χ3v) is 2.86. The lowest BCUT2D eigenvalue weighted by molar-refractivity contribution is -0.152. The van der Waals surface area contributed by atoms with Crippen molar-refractivity contribution in [3.8, 4) is 0 Å². The molecule has 0 heterocycles. The number of aliphatic hydroxyl groups excluding tert-OH is 1. The van der Waals surface area contributed by atoms with E-state index >= 15 is 0 Å². The molecule has 6 heteroatoms. The highest BCUT2D eigenvalue weighted by atomic mass is 16.7. The molecular weight excluding hydrogens is 252 g/mol.